The molecule has 20 heavy (non-hydrogen) atoms. The van der Waals surface area contributed by atoms with Gasteiger partial charge in [0.25, 0.3) is 0 Å². The highest BCUT2D eigenvalue weighted by Gasteiger charge is 2.11. The lowest BCUT2D eigenvalue weighted by Gasteiger charge is -2.26. The smallest absolute Gasteiger partial charge is 0.142 e. The van der Waals surface area contributed by atoms with Crippen LogP contribution in [-0.4, -0.2) is 20.2 Å². The number of benzene rings is 2. The van der Waals surface area contributed by atoms with Crippen molar-refractivity contribution in [2.75, 3.05) is 25.1 Å². The van der Waals surface area contributed by atoms with Crippen molar-refractivity contribution in [3.05, 3.63) is 60.2 Å². The normalized spacial score (nSPS) is 10.3. The number of methoxy groups -OCH3 is 1. The number of hydrogen-bond donors (Lipinski definition) is 1. The SMILES string of the molecule is COc1ccccc1N(CCCN)Cc1ccccc1. The number of nitrogens with zero attached hydrogens (tertiary/aromatic N) is 1. The summed E-state index contributed by atoms with van der Waals surface area (Å²) in [6.07, 6.45) is 0.963. The molecular weight excluding hydrogens is 248 g/mol. The van der Waals surface area contributed by atoms with E-state index >= 15 is 0 Å². The molecule has 0 aliphatic carbocycles. The van der Waals surface area contributed by atoms with Crippen LogP contribution in [0.1, 0.15) is 12.0 Å². The van der Waals surface area contributed by atoms with Crippen LogP contribution >= 0.6 is 0 Å². The van der Waals surface area contributed by atoms with Gasteiger partial charge in [-0.1, -0.05) is 42.5 Å². The van der Waals surface area contributed by atoms with Gasteiger partial charge in [-0.3, -0.25) is 0 Å². The van der Waals surface area contributed by atoms with E-state index < -0.39 is 0 Å². The molecule has 0 saturated heterocycles. The standard InChI is InChI=1S/C17H22N2O/c1-20-17-11-6-5-10-16(17)19(13-7-12-18)14-15-8-3-2-4-9-15/h2-6,8-11H,7,12-14,18H2,1H3. The van der Waals surface area contributed by atoms with Gasteiger partial charge in [0.15, 0.2) is 0 Å². The second kappa shape index (κ2) is 7.56. The van der Waals surface area contributed by atoms with E-state index in [0.29, 0.717) is 6.54 Å². The third-order valence-electron chi connectivity index (χ3n) is 3.27. The lowest BCUT2D eigenvalue weighted by Crippen LogP contribution is -2.26. The van der Waals surface area contributed by atoms with E-state index in [9.17, 15) is 0 Å². The van der Waals surface area contributed by atoms with Crippen molar-refractivity contribution in [3.8, 4) is 5.75 Å². The summed E-state index contributed by atoms with van der Waals surface area (Å²) in [7, 11) is 1.71. The van der Waals surface area contributed by atoms with Crippen molar-refractivity contribution in [1.29, 1.82) is 0 Å². The maximum atomic E-state index is 5.66. The molecule has 106 valence electrons. The highest BCUT2D eigenvalue weighted by atomic mass is 16.5. The maximum Gasteiger partial charge on any atom is 0.142 e. The van der Waals surface area contributed by atoms with Crippen LogP contribution in [0.5, 0.6) is 5.75 Å². The van der Waals surface area contributed by atoms with Crippen LogP contribution in [0, 0.1) is 0 Å². The lowest BCUT2D eigenvalue weighted by atomic mass is 10.1. The van der Waals surface area contributed by atoms with Crippen molar-refractivity contribution in [2.45, 2.75) is 13.0 Å². The van der Waals surface area contributed by atoms with Gasteiger partial charge in [-0.15, -0.1) is 0 Å². The first kappa shape index (κ1) is 14.4. The van der Waals surface area contributed by atoms with E-state index in [1.165, 1.54) is 5.56 Å². The molecule has 0 radical (unpaired) electrons. The number of ether oxygens (including phenoxy) is 1. The Balaban J connectivity index is 2.22. The number of hydrogen-bond acceptors (Lipinski definition) is 3. The van der Waals surface area contributed by atoms with E-state index in [1.54, 1.807) is 7.11 Å². The predicted octanol–water partition coefficient (Wildman–Crippen LogP) is 3.05. The molecule has 0 saturated carbocycles. The molecule has 2 rings (SSSR count). The molecule has 0 heterocycles. The van der Waals surface area contributed by atoms with E-state index in [1.807, 2.05) is 24.3 Å². The molecule has 2 aromatic rings. The fraction of sp³-hybridized carbons (Fsp3) is 0.294. The topological polar surface area (TPSA) is 38.5 Å². The van der Waals surface area contributed by atoms with Crippen LogP contribution in [0.2, 0.25) is 0 Å². The summed E-state index contributed by atoms with van der Waals surface area (Å²) in [5.74, 6) is 0.903. The second-order valence-electron chi connectivity index (χ2n) is 4.72. The molecular formula is C17H22N2O. The number of nitrogens with two attached hydrogens (primary N) is 1. The van der Waals surface area contributed by atoms with Crippen LogP contribution in [0.4, 0.5) is 5.69 Å². The molecule has 3 heteroatoms. The molecule has 0 bridgehead atoms. The highest BCUT2D eigenvalue weighted by molar-refractivity contribution is 5.58. The average molecular weight is 270 g/mol. The van der Waals surface area contributed by atoms with E-state index in [4.69, 9.17) is 10.5 Å². The summed E-state index contributed by atoms with van der Waals surface area (Å²) < 4.78 is 5.47. The Morgan fingerprint density at radius 3 is 2.40 bits per heavy atom. The van der Waals surface area contributed by atoms with Crippen molar-refractivity contribution in [2.24, 2.45) is 5.73 Å². The quantitative estimate of drug-likeness (QED) is 0.840. The Bertz CT molecular complexity index is 513. The monoisotopic (exact) mass is 270 g/mol. The Labute approximate surface area is 121 Å². The molecule has 0 aliphatic rings. The molecule has 0 fully saturated rings. The largest absolute Gasteiger partial charge is 0.495 e. The van der Waals surface area contributed by atoms with Crippen LogP contribution in [0.3, 0.4) is 0 Å². The average Bonchev–Trinajstić information content (AvgIpc) is 2.52. The van der Waals surface area contributed by atoms with Gasteiger partial charge in [0.05, 0.1) is 12.8 Å². The molecule has 0 spiro atoms. The minimum atomic E-state index is 0.695. The van der Waals surface area contributed by atoms with E-state index in [0.717, 1.165) is 30.9 Å². The summed E-state index contributed by atoms with van der Waals surface area (Å²) in [6.45, 7) is 2.48. The summed E-state index contributed by atoms with van der Waals surface area (Å²) in [4.78, 5) is 2.32. The minimum absolute atomic E-state index is 0.695. The molecule has 0 aliphatic heterocycles. The molecule has 3 nitrogen and oxygen atoms in total. The molecule has 0 unspecified atom stereocenters. The summed E-state index contributed by atoms with van der Waals surface area (Å²) in [5, 5.41) is 0. The molecule has 0 atom stereocenters. The third-order valence-corrected chi connectivity index (χ3v) is 3.27. The molecule has 2 aromatic carbocycles. The summed E-state index contributed by atoms with van der Waals surface area (Å²) in [5.41, 5.74) is 8.07. The zero-order valence-corrected chi connectivity index (χ0v) is 12.0. The van der Waals surface area contributed by atoms with E-state index in [-0.39, 0.29) is 0 Å². The fourth-order valence-corrected chi connectivity index (χ4v) is 2.26. The summed E-state index contributed by atoms with van der Waals surface area (Å²) >= 11 is 0. The van der Waals surface area contributed by atoms with Crippen LogP contribution in [0.25, 0.3) is 0 Å². The van der Waals surface area contributed by atoms with Gasteiger partial charge >= 0.3 is 0 Å². The summed E-state index contributed by atoms with van der Waals surface area (Å²) in [6, 6.07) is 18.6. The van der Waals surface area contributed by atoms with Gasteiger partial charge in [0.1, 0.15) is 5.75 Å². The third kappa shape index (κ3) is 3.75. The Morgan fingerprint density at radius 1 is 1.00 bits per heavy atom. The van der Waals surface area contributed by atoms with Crippen molar-refractivity contribution >= 4 is 5.69 Å². The Hall–Kier alpha value is -2.00. The fourth-order valence-electron chi connectivity index (χ4n) is 2.26. The molecule has 0 aromatic heterocycles. The highest BCUT2D eigenvalue weighted by Crippen LogP contribution is 2.28. The minimum Gasteiger partial charge on any atom is -0.495 e. The van der Waals surface area contributed by atoms with E-state index in [2.05, 4.69) is 35.2 Å². The Morgan fingerprint density at radius 2 is 1.70 bits per heavy atom. The molecule has 0 amide bonds. The number of anilines is 1. The second-order valence-corrected chi connectivity index (χ2v) is 4.72. The maximum absolute atomic E-state index is 5.66. The van der Waals surface area contributed by atoms with Crippen LogP contribution in [-0.2, 0) is 6.54 Å². The van der Waals surface area contributed by atoms with Crippen molar-refractivity contribution in [1.82, 2.24) is 0 Å². The van der Waals surface area contributed by atoms with Gasteiger partial charge < -0.3 is 15.4 Å². The van der Waals surface area contributed by atoms with Crippen molar-refractivity contribution in [3.63, 3.8) is 0 Å². The molecule has 2 N–H and O–H groups in total. The first-order chi connectivity index (χ1) is 9.85. The van der Waals surface area contributed by atoms with Gasteiger partial charge in [-0.2, -0.15) is 0 Å². The van der Waals surface area contributed by atoms with Gasteiger partial charge in [0, 0.05) is 13.1 Å². The van der Waals surface area contributed by atoms with Crippen LogP contribution in [0.15, 0.2) is 54.6 Å². The lowest BCUT2D eigenvalue weighted by molar-refractivity contribution is 0.414. The van der Waals surface area contributed by atoms with Gasteiger partial charge in [-0.05, 0) is 30.7 Å². The first-order valence-corrected chi connectivity index (χ1v) is 6.97. The first-order valence-electron chi connectivity index (χ1n) is 6.97. The number of rotatable bonds is 7. The van der Waals surface area contributed by atoms with Gasteiger partial charge in [-0.25, -0.2) is 0 Å². The van der Waals surface area contributed by atoms with Crippen LogP contribution < -0.4 is 15.4 Å². The van der Waals surface area contributed by atoms with Crippen molar-refractivity contribution < 1.29 is 4.74 Å². The zero-order chi connectivity index (χ0) is 14.2. The zero-order valence-electron chi connectivity index (χ0n) is 12.0. The number of para-hydroxylation sites is 2. The Kier molecular flexibility index (Phi) is 5.44. The van der Waals surface area contributed by atoms with Gasteiger partial charge in [0.2, 0.25) is 0 Å². The predicted molar refractivity (Wildman–Crippen MR) is 84.2 cm³/mol.